The molecule has 1 aliphatic rings. The van der Waals surface area contributed by atoms with Gasteiger partial charge in [-0.15, -0.1) is 0 Å². The fourth-order valence-electron chi connectivity index (χ4n) is 1.65. The summed E-state index contributed by atoms with van der Waals surface area (Å²) in [5, 5.41) is 2.78. The van der Waals surface area contributed by atoms with E-state index in [0.29, 0.717) is 5.69 Å². The average Bonchev–Trinajstić information content (AvgIpc) is 2.66. The Hall–Kier alpha value is -1.42. The summed E-state index contributed by atoms with van der Waals surface area (Å²) in [6.45, 7) is 1.98. The number of ether oxygens (including phenoxy) is 1. The number of hydrogen-bond donors (Lipinski definition) is 1. The highest BCUT2D eigenvalue weighted by atomic mass is 16.5. The third-order valence-corrected chi connectivity index (χ3v) is 2.45. The van der Waals surface area contributed by atoms with Gasteiger partial charge in [-0.2, -0.15) is 0 Å². The number of carbonyl (C=O) groups excluding carboxylic acids is 1. The molecule has 1 aliphatic heterocycles. The molecule has 0 aromatic carbocycles. The van der Waals surface area contributed by atoms with Crippen LogP contribution < -0.4 is 5.32 Å². The zero-order valence-corrected chi connectivity index (χ0v) is 8.64. The quantitative estimate of drug-likeness (QED) is 0.799. The number of aromatic nitrogens is 1. The number of carbonyl (C=O) groups is 1. The minimum Gasteiger partial charge on any atom is -0.365 e. The second-order valence-corrected chi connectivity index (χ2v) is 3.74. The molecule has 0 bridgehead atoms. The fourth-order valence-corrected chi connectivity index (χ4v) is 1.65. The second-order valence-electron chi connectivity index (χ2n) is 3.74. The number of hydrogen-bond acceptors (Lipinski definition) is 3. The maximum atomic E-state index is 11.7. The minimum atomic E-state index is -0.305. The molecule has 0 unspecified atom stereocenters. The van der Waals surface area contributed by atoms with Crippen LogP contribution in [0.4, 0.5) is 5.69 Å². The van der Waals surface area contributed by atoms with Gasteiger partial charge >= 0.3 is 0 Å². The van der Waals surface area contributed by atoms with E-state index in [2.05, 4.69) is 10.3 Å². The molecular formula is C11H14N2O2. The van der Waals surface area contributed by atoms with Crippen LogP contribution in [0.1, 0.15) is 19.8 Å². The van der Waals surface area contributed by atoms with Gasteiger partial charge in [-0.1, -0.05) is 0 Å². The Balaban J connectivity index is 1.93. The van der Waals surface area contributed by atoms with Crippen molar-refractivity contribution in [2.45, 2.75) is 32.0 Å². The second kappa shape index (κ2) is 4.40. The Bertz CT molecular complexity index is 340. The summed E-state index contributed by atoms with van der Waals surface area (Å²) >= 11 is 0. The van der Waals surface area contributed by atoms with Crippen molar-refractivity contribution in [3.8, 4) is 0 Å². The molecule has 0 spiro atoms. The van der Waals surface area contributed by atoms with Crippen LogP contribution in [0.3, 0.4) is 0 Å². The van der Waals surface area contributed by atoms with E-state index in [4.69, 9.17) is 4.74 Å². The summed E-state index contributed by atoms with van der Waals surface area (Å²) in [5.74, 6) is -0.0765. The minimum absolute atomic E-state index is 0.0765. The van der Waals surface area contributed by atoms with Gasteiger partial charge in [0.15, 0.2) is 0 Å². The summed E-state index contributed by atoms with van der Waals surface area (Å²) in [4.78, 5) is 15.6. The number of pyridine rings is 1. The van der Waals surface area contributed by atoms with Crippen molar-refractivity contribution in [3.63, 3.8) is 0 Å². The average molecular weight is 206 g/mol. The van der Waals surface area contributed by atoms with Crippen LogP contribution in [0.15, 0.2) is 24.5 Å². The van der Waals surface area contributed by atoms with Crippen LogP contribution in [0, 0.1) is 0 Å². The van der Waals surface area contributed by atoms with Crippen LogP contribution >= 0.6 is 0 Å². The van der Waals surface area contributed by atoms with Gasteiger partial charge in [0.25, 0.3) is 5.91 Å². The standard InChI is InChI=1S/C11H14N2O2/c1-8-4-5-10(15-8)11(14)13-9-3-2-6-12-7-9/h2-3,6-8,10H,4-5H2,1H3,(H,13,14)/t8-,10-/m1/s1. The lowest BCUT2D eigenvalue weighted by Gasteiger charge is -2.11. The molecular weight excluding hydrogens is 192 g/mol. The van der Waals surface area contributed by atoms with Gasteiger partial charge in [0.1, 0.15) is 6.10 Å². The molecule has 4 heteroatoms. The maximum absolute atomic E-state index is 11.7. The number of rotatable bonds is 2. The van der Waals surface area contributed by atoms with Crippen LogP contribution in [0.2, 0.25) is 0 Å². The summed E-state index contributed by atoms with van der Waals surface area (Å²) in [6.07, 6.45) is 4.92. The predicted octanol–water partition coefficient (Wildman–Crippen LogP) is 1.59. The number of anilines is 1. The molecule has 0 saturated carbocycles. The van der Waals surface area contributed by atoms with Crippen LogP contribution in [-0.2, 0) is 9.53 Å². The normalized spacial score (nSPS) is 25.1. The van der Waals surface area contributed by atoms with Crippen molar-refractivity contribution in [2.24, 2.45) is 0 Å². The molecule has 1 aromatic rings. The van der Waals surface area contributed by atoms with Gasteiger partial charge in [-0.25, -0.2) is 0 Å². The fraction of sp³-hybridized carbons (Fsp3) is 0.455. The van der Waals surface area contributed by atoms with Gasteiger partial charge in [-0.3, -0.25) is 9.78 Å². The van der Waals surface area contributed by atoms with E-state index in [1.54, 1.807) is 18.5 Å². The summed E-state index contributed by atoms with van der Waals surface area (Å²) < 4.78 is 5.46. The molecule has 0 aliphatic carbocycles. The molecule has 80 valence electrons. The Morgan fingerprint density at radius 3 is 3.07 bits per heavy atom. The highest BCUT2D eigenvalue weighted by molar-refractivity contribution is 5.94. The maximum Gasteiger partial charge on any atom is 0.253 e. The van der Waals surface area contributed by atoms with Gasteiger partial charge in [0.2, 0.25) is 0 Å². The van der Waals surface area contributed by atoms with Gasteiger partial charge in [0, 0.05) is 6.20 Å². The van der Waals surface area contributed by atoms with Crippen molar-refractivity contribution in [2.75, 3.05) is 5.32 Å². The number of amides is 1. The Kier molecular flexibility index (Phi) is 2.97. The molecule has 15 heavy (non-hydrogen) atoms. The van der Waals surface area contributed by atoms with Crippen molar-refractivity contribution >= 4 is 11.6 Å². The third kappa shape index (κ3) is 2.53. The first-order valence-corrected chi connectivity index (χ1v) is 5.12. The number of nitrogens with one attached hydrogen (secondary N) is 1. The van der Waals surface area contributed by atoms with Crippen molar-refractivity contribution < 1.29 is 9.53 Å². The smallest absolute Gasteiger partial charge is 0.253 e. The van der Waals surface area contributed by atoms with E-state index >= 15 is 0 Å². The first kappa shape index (κ1) is 10.1. The summed E-state index contributed by atoms with van der Waals surface area (Å²) in [6, 6.07) is 3.59. The third-order valence-electron chi connectivity index (χ3n) is 2.45. The molecule has 2 atom stereocenters. The molecule has 1 aromatic heterocycles. The monoisotopic (exact) mass is 206 g/mol. The zero-order valence-electron chi connectivity index (χ0n) is 8.64. The first-order chi connectivity index (χ1) is 7.25. The highest BCUT2D eigenvalue weighted by Gasteiger charge is 2.27. The van der Waals surface area contributed by atoms with Crippen LogP contribution in [0.25, 0.3) is 0 Å². The molecule has 1 fully saturated rings. The molecule has 1 N–H and O–H groups in total. The largest absolute Gasteiger partial charge is 0.365 e. The highest BCUT2D eigenvalue weighted by Crippen LogP contribution is 2.20. The lowest BCUT2D eigenvalue weighted by molar-refractivity contribution is -0.126. The lowest BCUT2D eigenvalue weighted by Crippen LogP contribution is -2.27. The Morgan fingerprint density at radius 1 is 1.60 bits per heavy atom. The summed E-state index contributed by atoms with van der Waals surface area (Å²) in [7, 11) is 0. The van der Waals surface area contributed by atoms with E-state index in [1.165, 1.54) is 0 Å². The molecule has 2 rings (SSSR count). The number of nitrogens with zero attached hydrogens (tertiary/aromatic N) is 1. The van der Waals surface area contributed by atoms with E-state index in [9.17, 15) is 4.79 Å². The van der Waals surface area contributed by atoms with Crippen molar-refractivity contribution in [1.29, 1.82) is 0 Å². The van der Waals surface area contributed by atoms with Crippen molar-refractivity contribution in [1.82, 2.24) is 4.98 Å². The lowest BCUT2D eigenvalue weighted by atomic mass is 10.2. The summed E-state index contributed by atoms with van der Waals surface area (Å²) in [5.41, 5.74) is 0.714. The van der Waals surface area contributed by atoms with Crippen molar-refractivity contribution in [3.05, 3.63) is 24.5 Å². The van der Waals surface area contributed by atoms with Crippen LogP contribution in [0.5, 0.6) is 0 Å². The topological polar surface area (TPSA) is 51.2 Å². The van der Waals surface area contributed by atoms with E-state index in [-0.39, 0.29) is 18.1 Å². The Morgan fingerprint density at radius 2 is 2.47 bits per heavy atom. The van der Waals surface area contributed by atoms with E-state index < -0.39 is 0 Å². The van der Waals surface area contributed by atoms with E-state index in [0.717, 1.165) is 12.8 Å². The zero-order chi connectivity index (χ0) is 10.7. The Labute approximate surface area is 88.7 Å². The molecule has 4 nitrogen and oxygen atoms in total. The molecule has 0 radical (unpaired) electrons. The van der Waals surface area contributed by atoms with Gasteiger partial charge < -0.3 is 10.1 Å². The SMILES string of the molecule is C[C@@H]1CC[C@H](C(=O)Nc2cccnc2)O1. The first-order valence-electron chi connectivity index (χ1n) is 5.12. The van der Waals surface area contributed by atoms with Gasteiger partial charge in [-0.05, 0) is 31.9 Å². The van der Waals surface area contributed by atoms with Crippen LogP contribution in [-0.4, -0.2) is 23.1 Å². The molecule has 1 saturated heterocycles. The predicted molar refractivity (Wildman–Crippen MR) is 56.4 cm³/mol. The molecule has 2 heterocycles. The molecule has 1 amide bonds. The van der Waals surface area contributed by atoms with Gasteiger partial charge in [0.05, 0.1) is 18.0 Å². The van der Waals surface area contributed by atoms with E-state index in [1.807, 2.05) is 13.0 Å².